The van der Waals surface area contributed by atoms with Gasteiger partial charge in [-0.1, -0.05) is 6.07 Å². The molecule has 6 nitrogen and oxygen atoms in total. The first kappa shape index (κ1) is 21.5. The molecule has 0 saturated heterocycles. The number of hydrogen-bond acceptors (Lipinski definition) is 3. The number of halogens is 2. The average molecular weight is 464 g/mol. The summed E-state index contributed by atoms with van der Waals surface area (Å²) in [5, 5.41) is 9.09. The van der Waals surface area contributed by atoms with Gasteiger partial charge in [0, 0.05) is 18.7 Å². The van der Waals surface area contributed by atoms with Gasteiger partial charge in [-0.25, -0.2) is 9.38 Å². The lowest BCUT2D eigenvalue weighted by Gasteiger charge is -2.17. The fraction of sp³-hybridized carbons (Fsp3) is 0.529. The average Bonchev–Trinajstić information content (AvgIpc) is 3.34. The highest BCUT2D eigenvalue weighted by Gasteiger charge is 2.22. The second-order valence-corrected chi connectivity index (χ2v) is 5.80. The van der Waals surface area contributed by atoms with Gasteiger partial charge < -0.3 is 20.7 Å². The van der Waals surface area contributed by atoms with E-state index in [0.717, 1.165) is 12.8 Å². The van der Waals surface area contributed by atoms with E-state index in [1.54, 1.807) is 12.1 Å². The lowest BCUT2D eigenvalue weighted by Crippen LogP contribution is -2.42. The van der Waals surface area contributed by atoms with Crippen LogP contribution in [0.25, 0.3) is 0 Å². The zero-order valence-corrected chi connectivity index (χ0v) is 16.9. The van der Waals surface area contributed by atoms with Crippen molar-refractivity contribution in [3.05, 3.63) is 30.1 Å². The van der Waals surface area contributed by atoms with Crippen molar-refractivity contribution in [1.29, 1.82) is 0 Å². The molecule has 1 saturated carbocycles. The summed E-state index contributed by atoms with van der Waals surface area (Å²) in [6, 6.07) is 6.37. The van der Waals surface area contributed by atoms with Gasteiger partial charge in [-0.05, 0) is 38.8 Å². The Balaban J connectivity index is 0.00000312. The van der Waals surface area contributed by atoms with E-state index >= 15 is 0 Å². The van der Waals surface area contributed by atoms with Crippen molar-refractivity contribution in [2.24, 2.45) is 4.99 Å². The van der Waals surface area contributed by atoms with Crippen molar-refractivity contribution in [3.63, 3.8) is 0 Å². The van der Waals surface area contributed by atoms with Crippen LogP contribution >= 0.6 is 24.0 Å². The molecule has 3 N–H and O–H groups in total. The molecule has 0 bridgehead atoms. The first-order chi connectivity index (χ1) is 11.6. The van der Waals surface area contributed by atoms with Gasteiger partial charge in [0.05, 0.1) is 6.54 Å². The van der Waals surface area contributed by atoms with Crippen LogP contribution in [-0.2, 0) is 4.79 Å². The minimum Gasteiger partial charge on any atom is -0.489 e. The van der Waals surface area contributed by atoms with Gasteiger partial charge in [-0.15, -0.1) is 24.0 Å². The maximum atomic E-state index is 13.1. The molecule has 140 valence electrons. The number of rotatable bonds is 8. The summed E-state index contributed by atoms with van der Waals surface area (Å²) in [4.78, 5) is 15.9. The topological polar surface area (TPSA) is 74.8 Å². The van der Waals surface area contributed by atoms with Crippen molar-refractivity contribution >= 4 is 35.8 Å². The van der Waals surface area contributed by atoms with Gasteiger partial charge in [-0.2, -0.15) is 0 Å². The molecular formula is C17H26FIN4O2. The van der Waals surface area contributed by atoms with Crippen molar-refractivity contribution in [1.82, 2.24) is 16.0 Å². The number of nitrogens with one attached hydrogen (secondary N) is 3. The van der Waals surface area contributed by atoms with Crippen LogP contribution in [-0.4, -0.2) is 43.6 Å². The molecule has 8 heteroatoms. The highest BCUT2D eigenvalue weighted by molar-refractivity contribution is 14.0. The summed E-state index contributed by atoms with van der Waals surface area (Å²) in [7, 11) is 0. The van der Waals surface area contributed by atoms with Gasteiger partial charge in [0.1, 0.15) is 24.2 Å². The Bertz CT molecular complexity index is 582. The van der Waals surface area contributed by atoms with Crippen molar-refractivity contribution in [2.75, 3.05) is 19.6 Å². The Morgan fingerprint density at radius 2 is 2.16 bits per heavy atom. The van der Waals surface area contributed by atoms with Gasteiger partial charge in [0.15, 0.2) is 5.96 Å². The van der Waals surface area contributed by atoms with Crippen LogP contribution in [0.2, 0.25) is 0 Å². The predicted octanol–water partition coefficient (Wildman–Crippen LogP) is 2.04. The summed E-state index contributed by atoms with van der Waals surface area (Å²) in [6.07, 6.45) is 1.93. The standard InChI is InChI=1S/C17H25FN4O2.HI/c1-3-19-17(21-11-16(23)22-14-7-8-14)20-10-12(2)24-15-6-4-5-13(18)9-15;/h4-6,9,12,14H,3,7-8,10-11H2,1-2H3,(H,22,23)(H2,19,20,21);1H. The first-order valence-electron chi connectivity index (χ1n) is 8.30. The van der Waals surface area contributed by atoms with E-state index in [1.807, 2.05) is 13.8 Å². The van der Waals surface area contributed by atoms with Gasteiger partial charge in [0.25, 0.3) is 0 Å². The Labute approximate surface area is 165 Å². The molecule has 1 aromatic carbocycles. The van der Waals surface area contributed by atoms with Crippen LogP contribution in [0, 0.1) is 5.82 Å². The number of aliphatic imine (C=N–C) groups is 1. The van der Waals surface area contributed by atoms with Crippen molar-refractivity contribution in [3.8, 4) is 5.75 Å². The van der Waals surface area contributed by atoms with Gasteiger partial charge in [-0.3, -0.25) is 4.79 Å². The minimum absolute atomic E-state index is 0. The Morgan fingerprint density at radius 3 is 2.80 bits per heavy atom. The quantitative estimate of drug-likeness (QED) is 0.313. The second kappa shape index (κ2) is 11.1. The molecule has 1 amide bonds. The molecule has 0 aliphatic heterocycles. The largest absolute Gasteiger partial charge is 0.489 e. The molecule has 0 spiro atoms. The lowest BCUT2D eigenvalue weighted by atomic mass is 10.3. The molecule has 0 radical (unpaired) electrons. The van der Waals surface area contributed by atoms with Crippen molar-refractivity contribution < 1.29 is 13.9 Å². The van der Waals surface area contributed by atoms with E-state index in [4.69, 9.17) is 4.74 Å². The molecule has 0 aromatic heterocycles. The van der Waals surface area contributed by atoms with Crippen LogP contribution in [0.3, 0.4) is 0 Å². The minimum atomic E-state index is -0.329. The monoisotopic (exact) mass is 464 g/mol. The van der Waals surface area contributed by atoms with Crippen LogP contribution in [0.15, 0.2) is 29.3 Å². The molecule has 1 aromatic rings. The lowest BCUT2D eigenvalue weighted by molar-refractivity contribution is -0.119. The van der Waals surface area contributed by atoms with Crippen LogP contribution in [0.5, 0.6) is 5.75 Å². The Hall–Kier alpha value is -1.58. The van der Waals surface area contributed by atoms with Gasteiger partial charge >= 0.3 is 0 Å². The molecule has 1 aliphatic rings. The number of nitrogens with zero attached hydrogens (tertiary/aromatic N) is 1. The van der Waals surface area contributed by atoms with E-state index in [2.05, 4.69) is 20.9 Å². The van der Waals surface area contributed by atoms with E-state index < -0.39 is 0 Å². The maximum Gasteiger partial charge on any atom is 0.242 e. The fourth-order valence-corrected chi connectivity index (χ4v) is 2.05. The fourth-order valence-electron chi connectivity index (χ4n) is 2.05. The van der Waals surface area contributed by atoms with E-state index in [9.17, 15) is 9.18 Å². The van der Waals surface area contributed by atoms with Crippen LogP contribution in [0.4, 0.5) is 4.39 Å². The van der Waals surface area contributed by atoms with E-state index in [0.29, 0.717) is 30.8 Å². The SMILES string of the molecule is CCNC(=NCC(=O)NC1CC1)NCC(C)Oc1cccc(F)c1.I. The predicted molar refractivity (Wildman–Crippen MR) is 107 cm³/mol. The molecule has 1 atom stereocenters. The number of amides is 1. The number of carbonyl (C=O) groups is 1. The second-order valence-electron chi connectivity index (χ2n) is 5.80. The molecule has 1 aliphatic carbocycles. The maximum absolute atomic E-state index is 13.1. The zero-order valence-electron chi connectivity index (χ0n) is 14.5. The number of ether oxygens (including phenoxy) is 1. The molecule has 1 fully saturated rings. The number of carbonyl (C=O) groups excluding carboxylic acids is 1. The smallest absolute Gasteiger partial charge is 0.242 e. The Kier molecular flexibility index (Phi) is 9.54. The van der Waals surface area contributed by atoms with Crippen LogP contribution < -0.4 is 20.7 Å². The molecule has 1 unspecified atom stereocenters. The number of hydrogen-bond donors (Lipinski definition) is 3. The summed E-state index contributed by atoms with van der Waals surface area (Å²) in [6.45, 7) is 5.09. The van der Waals surface area contributed by atoms with Crippen LogP contribution in [0.1, 0.15) is 26.7 Å². The van der Waals surface area contributed by atoms with E-state index in [-0.39, 0.29) is 48.3 Å². The molecular weight excluding hydrogens is 438 g/mol. The summed E-state index contributed by atoms with van der Waals surface area (Å²) < 4.78 is 18.8. The zero-order chi connectivity index (χ0) is 17.4. The Morgan fingerprint density at radius 1 is 1.40 bits per heavy atom. The third-order valence-electron chi connectivity index (χ3n) is 3.36. The molecule has 0 heterocycles. The normalized spacial score (nSPS) is 14.9. The molecule has 25 heavy (non-hydrogen) atoms. The summed E-state index contributed by atoms with van der Waals surface area (Å²) >= 11 is 0. The summed E-state index contributed by atoms with van der Waals surface area (Å²) in [5.74, 6) is 0.635. The summed E-state index contributed by atoms with van der Waals surface area (Å²) in [5.41, 5.74) is 0. The third kappa shape index (κ3) is 8.89. The third-order valence-corrected chi connectivity index (χ3v) is 3.36. The van der Waals surface area contributed by atoms with E-state index in [1.165, 1.54) is 12.1 Å². The molecule has 2 rings (SSSR count). The van der Waals surface area contributed by atoms with Gasteiger partial charge in [0.2, 0.25) is 5.91 Å². The van der Waals surface area contributed by atoms with Crippen molar-refractivity contribution in [2.45, 2.75) is 38.8 Å². The number of guanidine groups is 1. The first-order valence-corrected chi connectivity index (χ1v) is 8.30. The highest BCUT2D eigenvalue weighted by atomic mass is 127. The highest BCUT2D eigenvalue weighted by Crippen LogP contribution is 2.18. The number of benzene rings is 1.